The third kappa shape index (κ3) is 4.05. The molecule has 6 nitrogen and oxygen atoms in total. The number of pyridine rings is 1. The molecule has 22 heavy (non-hydrogen) atoms. The van der Waals surface area contributed by atoms with Gasteiger partial charge < -0.3 is 15.8 Å². The average Bonchev–Trinajstić information content (AvgIpc) is 2.55. The number of carbonyl (C=O) groups excluding carboxylic acids is 2. The van der Waals surface area contributed by atoms with Crippen molar-refractivity contribution in [3.05, 3.63) is 59.9 Å². The van der Waals surface area contributed by atoms with Gasteiger partial charge in [0.25, 0.3) is 5.91 Å². The molecule has 0 saturated carbocycles. The van der Waals surface area contributed by atoms with Gasteiger partial charge in [0.2, 0.25) is 5.91 Å². The van der Waals surface area contributed by atoms with Crippen molar-refractivity contribution in [3.63, 3.8) is 0 Å². The number of primary amides is 1. The lowest BCUT2D eigenvalue weighted by molar-refractivity contribution is -0.119. The van der Waals surface area contributed by atoms with Crippen LogP contribution < -0.4 is 15.8 Å². The van der Waals surface area contributed by atoms with Crippen LogP contribution in [-0.2, 0) is 11.2 Å². The summed E-state index contributed by atoms with van der Waals surface area (Å²) in [5, 5.41) is 2.64. The lowest BCUT2D eigenvalue weighted by atomic mass is 10.0. The maximum Gasteiger partial charge on any atom is 0.252 e. The maximum absolute atomic E-state index is 12.1. The summed E-state index contributed by atoms with van der Waals surface area (Å²) in [6.45, 7) is 0. The quantitative estimate of drug-likeness (QED) is 0.829. The number of nitrogens with one attached hydrogen (secondary N) is 1. The van der Waals surface area contributed by atoms with E-state index in [9.17, 15) is 9.59 Å². The molecule has 1 aromatic carbocycles. The number of ether oxygens (including phenoxy) is 1. The van der Waals surface area contributed by atoms with Crippen molar-refractivity contribution in [1.29, 1.82) is 0 Å². The lowest BCUT2D eigenvalue weighted by Gasteiger charge is -2.15. The Morgan fingerprint density at radius 2 is 1.82 bits per heavy atom. The topological polar surface area (TPSA) is 94.3 Å². The fraction of sp³-hybridized carbons (Fsp3) is 0.188. The minimum atomic E-state index is -0.783. The summed E-state index contributed by atoms with van der Waals surface area (Å²) in [6.07, 6.45) is 3.34. The number of amides is 2. The van der Waals surface area contributed by atoms with Gasteiger partial charge in [-0.3, -0.25) is 14.6 Å². The molecule has 0 saturated heterocycles. The minimum absolute atomic E-state index is 0.316. The molecule has 0 aliphatic heterocycles. The number of methoxy groups -OCH3 is 1. The fourth-order valence-electron chi connectivity index (χ4n) is 1.96. The highest BCUT2D eigenvalue weighted by atomic mass is 16.5. The van der Waals surface area contributed by atoms with Crippen molar-refractivity contribution in [3.8, 4) is 5.75 Å². The zero-order valence-corrected chi connectivity index (χ0v) is 12.2. The number of hydrogen-bond acceptors (Lipinski definition) is 4. The monoisotopic (exact) mass is 299 g/mol. The number of nitrogens with two attached hydrogens (primary N) is 1. The van der Waals surface area contributed by atoms with Crippen molar-refractivity contribution < 1.29 is 14.3 Å². The summed E-state index contributed by atoms with van der Waals surface area (Å²) < 4.78 is 5.08. The molecule has 0 spiro atoms. The molecule has 1 atom stereocenters. The van der Waals surface area contributed by atoms with Crippen molar-refractivity contribution in [2.45, 2.75) is 12.5 Å². The van der Waals surface area contributed by atoms with Crippen LogP contribution in [0.4, 0.5) is 0 Å². The van der Waals surface area contributed by atoms with Gasteiger partial charge in [0.1, 0.15) is 11.8 Å². The summed E-state index contributed by atoms with van der Waals surface area (Å²) in [6, 6.07) is 9.59. The van der Waals surface area contributed by atoms with Gasteiger partial charge in [-0.1, -0.05) is 12.1 Å². The van der Waals surface area contributed by atoms with Gasteiger partial charge in [-0.05, 0) is 29.8 Å². The summed E-state index contributed by atoms with van der Waals surface area (Å²) in [5.41, 5.74) is 6.68. The predicted octanol–water partition coefficient (Wildman–Crippen LogP) is 0.917. The van der Waals surface area contributed by atoms with E-state index >= 15 is 0 Å². The van der Waals surface area contributed by atoms with Crippen LogP contribution in [0, 0.1) is 0 Å². The Morgan fingerprint density at radius 1 is 1.18 bits per heavy atom. The molecule has 6 heteroatoms. The second-order valence-electron chi connectivity index (χ2n) is 4.72. The summed E-state index contributed by atoms with van der Waals surface area (Å²) in [5.74, 6) is -0.224. The third-order valence-corrected chi connectivity index (χ3v) is 3.19. The molecule has 0 fully saturated rings. The van der Waals surface area contributed by atoms with Gasteiger partial charge >= 0.3 is 0 Å². The van der Waals surface area contributed by atoms with Crippen LogP contribution in [0.3, 0.4) is 0 Å². The van der Waals surface area contributed by atoms with Crippen LogP contribution in [0.25, 0.3) is 0 Å². The Hall–Kier alpha value is -2.89. The minimum Gasteiger partial charge on any atom is -0.497 e. The lowest BCUT2D eigenvalue weighted by Crippen LogP contribution is -2.45. The molecule has 0 radical (unpaired) electrons. The number of carbonyl (C=O) groups is 2. The van der Waals surface area contributed by atoms with Crippen molar-refractivity contribution in [2.75, 3.05) is 7.11 Å². The maximum atomic E-state index is 12.1. The second-order valence-corrected chi connectivity index (χ2v) is 4.72. The molecule has 0 unspecified atom stereocenters. The highest BCUT2D eigenvalue weighted by Crippen LogP contribution is 2.13. The molecule has 1 heterocycles. The van der Waals surface area contributed by atoms with Crippen molar-refractivity contribution >= 4 is 11.8 Å². The summed E-state index contributed by atoms with van der Waals surface area (Å²) in [4.78, 5) is 27.5. The van der Waals surface area contributed by atoms with E-state index in [0.717, 1.165) is 11.3 Å². The number of benzene rings is 1. The zero-order valence-electron chi connectivity index (χ0n) is 12.2. The molecule has 114 valence electrons. The molecule has 0 aliphatic carbocycles. The molecular formula is C16H17N3O3. The van der Waals surface area contributed by atoms with Crippen LogP contribution >= 0.6 is 0 Å². The first kappa shape index (κ1) is 15.5. The van der Waals surface area contributed by atoms with E-state index in [1.165, 1.54) is 12.4 Å². The number of hydrogen-bond donors (Lipinski definition) is 2. The average molecular weight is 299 g/mol. The molecule has 3 N–H and O–H groups in total. The van der Waals surface area contributed by atoms with Gasteiger partial charge in [-0.25, -0.2) is 0 Å². The van der Waals surface area contributed by atoms with E-state index in [2.05, 4.69) is 10.3 Å². The molecular weight excluding hydrogens is 282 g/mol. The Kier molecular flexibility index (Phi) is 5.08. The first-order chi connectivity index (χ1) is 10.6. The number of nitrogens with zero attached hydrogens (tertiary/aromatic N) is 1. The van der Waals surface area contributed by atoms with Crippen LogP contribution in [0.2, 0.25) is 0 Å². The third-order valence-electron chi connectivity index (χ3n) is 3.19. The van der Waals surface area contributed by atoms with Gasteiger partial charge in [0.05, 0.1) is 7.11 Å². The Morgan fingerprint density at radius 3 is 2.36 bits per heavy atom. The highest BCUT2D eigenvalue weighted by Gasteiger charge is 2.19. The van der Waals surface area contributed by atoms with Gasteiger partial charge in [0, 0.05) is 24.4 Å². The first-order valence-corrected chi connectivity index (χ1v) is 6.73. The molecule has 2 amide bonds. The van der Waals surface area contributed by atoms with Crippen LogP contribution in [0.15, 0.2) is 48.8 Å². The van der Waals surface area contributed by atoms with Gasteiger partial charge in [-0.2, -0.15) is 0 Å². The van der Waals surface area contributed by atoms with Crippen LogP contribution in [-0.4, -0.2) is 29.9 Å². The number of rotatable bonds is 6. The van der Waals surface area contributed by atoms with E-state index in [-0.39, 0.29) is 5.91 Å². The Balaban J connectivity index is 2.06. The molecule has 0 bridgehead atoms. The number of aromatic nitrogens is 1. The zero-order chi connectivity index (χ0) is 15.9. The standard InChI is InChI=1S/C16H17N3O3/c1-22-13-4-2-11(3-5-13)10-14(15(17)20)19-16(21)12-6-8-18-9-7-12/h2-9,14H,10H2,1H3,(H2,17,20)(H,19,21)/t14-/m0/s1. The first-order valence-electron chi connectivity index (χ1n) is 6.73. The predicted molar refractivity (Wildman–Crippen MR) is 81.4 cm³/mol. The van der Waals surface area contributed by atoms with Crippen LogP contribution in [0.1, 0.15) is 15.9 Å². The van der Waals surface area contributed by atoms with Crippen molar-refractivity contribution in [2.24, 2.45) is 5.73 Å². The van der Waals surface area contributed by atoms with Gasteiger partial charge in [0.15, 0.2) is 0 Å². The van der Waals surface area contributed by atoms with E-state index < -0.39 is 11.9 Å². The summed E-state index contributed by atoms with van der Waals surface area (Å²) >= 11 is 0. The van der Waals surface area contributed by atoms with E-state index in [4.69, 9.17) is 10.5 Å². The second kappa shape index (κ2) is 7.21. The summed E-state index contributed by atoms with van der Waals surface area (Å²) in [7, 11) is 1.58. The molecule has 2 aromatic rings. The highest BCUT2D eigenvalue weighted by molar-refractivity contribution is 5.97. The fourth-order valence-corrected chi connectivity index (χ4v) is 1.96. The smallest absolute Gasteiger partial charge is 0.252 e. The van der Waals surface area contributed by atoms with E-state index in [1.54, 1.807) is 31.4 Å². The Labute approximate surface area is 128 Å². The molecule has 0 aliphatic rings. The van der Waals surface area contributed by atoms with E-state index in [1.807, 2.05) is 12.1 Å². The molecule has 1 aromatic heterocycles. The van der Waals surface area contributed by atoms with Gasteiger partial charge in [-0.15, -0.1) is 0 Å². The Bertz CT molecular complexity index is 641. The van der Waals surface area contributed by atoms with Crippen molar-refractivity contribution in [1.82, 2.24) is 10.3 Å². The van der Waals surface area contributed by atoms with Crippen LogP contribution in [0.5, 0.6) is 5.75 Å². The normalized spacial score (nSPS) is 11.5. The SMILES string of the molecule is COc1ccc(C[C@H](NC(=O)c2ccncc2)C(N)=O)cc1. The largest absolute Gasteiger partial charge is 0.497 e. The molecule has 2 rings (SSSR count). The van der Waals surface area contributed by atoms with E-state index in [0.29, 0.717) is 12.0 Å².